The second-order valence-corrected chi connectivity index (χ2v) is 5.99. The first-order valence-corrected chi connectivity index (χ1v) is 7.62. The summed E-state index contributed by atoms with van der Waals surface area (Å²) in [7, 11) is 4.66. The molecule has 0 aliphatic heterocycles. The highest BCUT2D eigenvalue weighted by molar-refractivity contribution is 9.09. The van der Waals surface area contributed by atoms with E-state index in [1.165, 1.54) is 62.5 Å². The third-order valence-electron chi connectivity index (χ3n) is 3.06. The second kappa shape index (κ2) is 12.4. The fraction of sp³-hybridized carbons (Fsp3) is 1.00. The van der Waals surface area contributed by atoms with Gasteiger partial charge in [-0.2, -0.15) is 0 Å². The summed E-state index contributed by atoms with van der Waals surface area (Å²) in [6.07, 6.45) is 9.92. The van der Waals surface area contributed by atoms with Crippen LogP contribution < -0.4 is 17.0 Å². The summed E-state index contributed by atoms with van der Waals surface area (Å²) < 4.78 is 1.17. The average molecular weight is 359 g/mol. The van der Waals surface area contributed by atoms with Gasteiger partial charge < -0.3 is 21.5 Å². The monoisotopic (exact) mass is 357 g/mol. The van der Waals surface area contributed by atoms with Gasteiger partial charge in [0, 0.05) is 0 Å². The van der Waals surface area contributed by atoms with Gasteiger partial charge in [0.1, 0.15) is 0 Å². The number of unbranched alkanes of at least 4 members (excludes halogenated alkanes) is 6. The van der Waals surface area contributed by atoms with Crippen molar-refractivity contribution in [1.29, 1.82) is 0 Å². The number of rotatable bonds is 10. The molecule has 0 saturated heterocycles. The number of hydrogen-bond acceptors (Lipinski definition) is 0. The van der Waals surface area contributed by atoms with E-state index in [9.17, 15) is 0 Å². The predicted octanol–water partition coefficient (Wildman–Crippen LogP) is 1.21. The minimum absolute atomic E-state index is 0. The highest BCUT2D eigenvalue weighted by atomic mass is 79.9. The lowest BCUT2D eigenvalue weighted by Gasteiger charge is -2.29. The Morgan fingerprint density at radius 2 is 1.31 bits per heavy atom. The zero-order valence-electron chi connectivity index (χ0n) is 11.3. The maximum absolute atomic E-state index is 3.52. The predicted molar refractivity (Wildman–Crippen MR) is 73.6 cm³/mol. The molecule has 0 N–H and O–H groups in total. The molecule has 0 aromatic rings. The van der Waals surface area contributed by atoms with Crippen molar-refractivity contribution >= 4 is 15.9 Å². The highest BCUT2D eigenvalue weighted by Gasteiger charge is 2.12. The highest BCUT2D eigenvalue weighted by Crippen LogP contribution is 2.09. The Hall–Kier alpha value is 0.920. The Labute approximate surface area is 121 Å². The Balaban J connectivity index is 0. The van der Waals surface area contributed by atoms with Gasteiger partial charge in [0.2, 0.25) is 0 Å². The molecule has 0 heterocycles. The van der Waals surface area contributed by atoms with Crippen LogP contribution in [0.5, 0.6) is 0 Å². The van der Waals surface area contributed by atoms with Crippen molar-refractivity contribution in [1.82, 2.24) is 0 Å². The van der Waals surface area contributed by atoms with Gasteiger partial charge in [-0.3, -0.25) is 0 Å². The SMILES string of the molecule is CCCCCCCCC[N+](C)(C)CCBr.[Br-]. The molecule has 0 atom stereocenters. The summed E-state index contributed by atoms with van der Waals surface area (Å²) in [5, 5.41) is 1.12. The lowest BCUT2D eigenvalue weighted by atomic mass is 10.1. The first-order chi connectivity index (χ1) is 7.12. The van der Waals surface area contributed by atoms with E-state index in [1.54, 1.807) is 0 Å². The van der Waals surface area contributed by atoms with Crippen molar-refractivity contribution < 1.29 is 21.5 Å². The molecule has 3 heteroatoms. The van der Waals surface area contributed by atoms with Crippen molar-refractivity contribution in [3.05, 3.63) is 0 Å². The topological polar surface area (TPSA) is 0 Å². The smallest absolute Gasteiger partial charge is 0.0880 e. The molecule has 16 heavy (non-hydrogen) atoms. The van der Waals surface area contributed by atoms with Crippen molar-refractivity contribution in [2.75, 3.05) is 32.5 Å². The largest absolute Gasteiger partial charge is 1.00 e. The lowest BCUT2D eigenvalue weighted by molar-refractivity contribution is -0.887. The minimum atomic E-state index is 0. The van der Waals surface area contributed by atoms with E-state index in [0.717, 1.165) is 5.33 Å². The first-order valence-electron chi connectivity index (χ1n) is 6.50. The van der Waals surface area contributed by atoms with Gasteiger partial charge in [0.25, 0.3) is 0 Å². The molecule has 0 unspecified atom stereocenters. The van der Waals surface area contributed by atoms with Crippen LogP contribution in [0.1, 0.15) is 51.9 Å². The number of nitrogens with zero attached hydrogens (tertiary/aromatic N) is 1. The van der Waals surface area contributed by atoms with Crippen LogP contribution in [0.2, 0.25) is 0 Å². The Morgan fingerprint density at radius 3 is 1.81 bits per heavy atom. The molecule has 0 radical (unpaired) electrons. The Morgan fingerprint density at radius 1 is 0.812 bits per heavy atom. The van der Waals surface area contributed by atoms with Crippen molar-refractivity contribution in [3.8, 4) is 0 Å². The van der Waals surface area contributed by atoms with Gasteiger partial charge in [-0.25, -0.2) is 0 Å². The summed E-state index contributed by atoms with van der Waals surface area (Å²) in [6.45, 7) is 4.86. The van der Waals surface area contributed by atoms with Crippen LogP contribution in [0.25, 0.3) is 0 Å². The molecule has 0 amide bonds. The third kappa shape index (κ3) is 13.0. The summed E-state index contributed by atoms with van der Waals surface area (Å²) in [6, 6.07) is 0. The zero-order chi connectivity index (χ0) is 11.6. The van der Waals surface area contributed by atoms with Crippen molar-refractivity contribution in [2.24, 2.45) is 0 Å². The average Bonchev–Trinajstić information content (AvgIpc) is 2.16. The van der Waals surface area contributed by atoms with Gasteiger partial charge >= 0.3 is 0 Å². The van der Waals surface area contributed by atoms with E-state index < -0.39 is 0 Å². The van der Waals surface area contributed by atoms with Crippen molar-refractivity contribution in [3.63, 3.8) is 0 Å². The molecule has 0 bridgehead atoms. The zero-order valence-corrected chi connectivity index (χ0v) is 14.4. The summed E-state index contributed by atoms with van der Waals surface area (Å²) in [4.78, 5) is 0. The van der Waals surface area contributed by atoms with Crippen LogP contribution in [0, 0.1) is 0 Å². The normalized spacial score (nSPS) is 11.2. The molecular weight excluding hydrogens is 330 g/mol. The van der Waals surface area contributed by atoms with Gasteiger partial charge in [0.05, 0.1) is 32.5 Å². The lowest BCUT2D eigenvalue weighted by Crippen LogP contribution is -3.00. The molecular formula is C13H29Br2N. The van der Waals surface area contributed by atoms with E-state index >= 15 is 0 Å². The Kier molecular flexibility index (Phi) is 14.9. The molecule has 0 aliphatic rings. The van der Waals surface area contributed by atoms with Crippen LogP contribution in [-0.2, 0) is 0 Å². The molecule has 0 rings (SSSR count). The van der Waals surface area contributed by atoms with E-state index in [1.807, 2.05) is 0 Å². The molecule has 0 fully saturated rings. The van der Waals surface area contributed by atoms with Crippen LogP contribution >= 0.6 is 15.9 Å². The quantitative estimate of drug-likeness (QED) is 0.313. The summed E-state index contributed by atoms with van der Waals surface area (Å²) >= 11 is 3.52. The second-order valence-electron chi connectivity index (χ2n) is 5.19. The number of quaternary nitrogens is 1. The van der Waals surface area contributed by atoms with Crippen LogP contribution in [-0.4, -0.2) is 37.0 Å². The van der Waals surface area contributed by atoms with Gasteiger partial charge in [-0.1, -0.05) is 55.0 Å². The third-order valence-corrected chi connectivity index (χ3v) is 3.41. The van der Waals surface area contributed by atoms with E-state index in [0.29, 0.717) is 0 Å². The van der Waals surface area contributed by atoms with Crippen molar-refractivity contribution in [2.45, 2.75) is 51.9 Å². The molecule has 0 saturated carbocycles. The molecule has 1 nitrogen and oxygen atoms in total. The Bertz CT molecular complexity index is 138. The number of halogens is 2. The molecule has 0 spiro atoms. The molecule has 0 aliphatic carbocycles. The van der Waals surface area contributed by atoms with Crippen LogP contribution in [0.4, 0.5) is 0 Å². The minimum Gasteiger partial charge on any atom is -1.00 e. The van der Waals surface area contributed by atoms with E-state index in [4.69, 9.17) is 0 Å². The fourth-order valence-corrected chi connectivity index (χ4v) is 2.80. The standard InChI is InChI=1S/C13H29BrN.BrH/c1-4-5-6-7-8-9-10-12-15(2,3)13-11-14;/h4-13H2,1-3H3;1H/q+1;/p-1. The van der Waals surface area contributed by atoms with Crippen LogP contribution in [0.3, 0.4) is 0 Å². The van der Waals surface area contributed by atoms with Gasteiger partial charge in [-0.15, -0.1) is 0 Å². The van der Waals surface area contributed by atoms with Gasteiger partial charge in [0.15, 0.2) is 0 Å². The van der Waals surface area contributed by atoms with E-state index in [2.05, 4.69) is 36.9 Å². The maximum atomic E-state index is 3.52. The van der Waals surface area contributed by atoms with Crippen LogP contribution in [0.15, 0.2) is 0 Å². The van der Waals surface area contributed by atoms with Gasteiger partial charge in [-0.05, 0) is 12.8 Å². The first kappa shape index (κ1) is 19.3. The summed E-state index contributed by atoms with van der Waals surface area (Å²) in [5.41, 5.74) is 0. The number of hydrogen-bond donors (Lipinski definition) is 0. The maximum Gasteiger partial charge on any atom is 0.0880 e. The summed E-state index contributed by atoms with van der Waals surface area (Å²) in [5.74, 6) is 0. The fourth-order valence-electron chi connectivity index (χ4n) is 1.84. The number of alkyl halides is 1. The molecule has 0 aromatic carbocycles. The molecule has 100 valence electrons. The molecule has 0 aromatic heterocycles. The van der Waals surface area contributed by atoms with E-state index in [-0.39, 0.29) is 17.0 Å².